The number of carbonyl (C=O) groups is 2. The molecular formula is C24H23F2N5O3. The zero-order valence-electron chi connectivity index (χ0n) is 18.4. The minimum absolute atomic E-state index is 0.143. The van der Waals surface area contributed by atoms with Gasteiger partial charge in [-0.15, -0.1) is 0 Å². The number of urea groups is 1. The highest BCUT2D eigenvalue weighted by Gasteiger charge is 2.25. The number of pyridine rings is 1. The van der Waals surface area contributed by atoms with Gasteiger partial charge in [0.2, 0.25) is 0 Å². The molecule has 0 spiro atoms. The van der Waals surface area contributed by atoms with Gasteiger partial charge in [-0.05, 0) is 36.4 Å². The first-order chi connectivity index (χ1) is 16.4. The molecule has 34 heavy (non-hydrogen) atoms. The van der Waals surface area contributed by atoms with Crippen LogP contribution in [0.15, 0.2) is 60.8 Å². The standard InChI is InChI=1S/C24H23F2N5O3/c1-34-19-4-2-3-17(14-19)28-24(33)29-18-6-8-22(27-15-18)30-9-11-31(12-10-30)23(32)20-7-5-16(25)13-21(20)26/h2-8,13-15H,9-12H2,1H3,(H2,28,29,33). The van der Waals surface area contributed by atoms with Crippen LogP contribution in [0.1, 0.15) is 10.4 Å². The van der Waals surface area contributed by atoms with Crippen molar-refractivity contribution >= 4 is 29.1 Å². The van der Waals surface area contributed by atoms with E-state index in [4.69, 9.17) is 4.74 Å². The second-order valence-corrected chi connectivity index (χ2v) is 7.62. The fraction of sp³-hybridized carbons (Fsp3) is 0.208. The molecule has 8 nitrogen and oxygen atoms in total. The number of benzene rings is 2. The molecule has 3 aromatic rings. The molecule has 0 unspecified atom stereocenters. The van der Waals surface area contributed by atoms with Crippen molar-refractivity contribution in [1.29, 1.82) is 0 Å². The molecule has 1 fully saturated rings. The van der Waals surface area contributed by atoms with Crippen LogP contribution in [-0.4, -0.2) is 55.1 Å². The molecule has 176 valence electrons. The fourth-order valence-electron chi connectivity index (χ4n) is 3.61. The first kappa shape index (κ1) is 23.0. The molecule has 0 saturated carbocycles. The lowest BCUT2D eigenvalue weighted by atomic mass is 10.1. The zero-order chi connectivity index (χ0) is 24.1. The van der Waals surface area contributed by atoms with Crippen LogP contribution < -0.4 is 20.3 Å². The van der Waals surface area contributed by atoms with Gasteiger partial charge in [0.25, 0.3) is 5.91 Å². The highest BCUT2D eigenvalue weighted by atomic mass is 19.1. The van der Waals surface area contributed by atoms with Crippen LogP contribution in [0.2, 0.25) is 0 Å². The zero-order valence-corrected chi connectivity index (χ0v) is 18.4. The van der Waals surface area contributed by atoms with Crippen molar-refractivity contribution in [3.05, 3.63) is 78.0 Å². The average molecular weight is 467 g/mol. The van der Waals surface area contributed by atoms with Gasteiger partial charge in [0, 0.05) is 44.0 Å². The van der Waals surface area contributed by atoms with Gasteiger partial charge in [0.1, 0.15) is 23.2 Å². The monoisotopic (exact) mass is 467 g/mol. The van der Waals surface area contributed by atoms with Crippen LogP contribution in [0, 0.1) is 11.6 Å². The van der Waals surface area contributed by atoms with Gasteiger partial charge in [0.05, 0.1) is 24.6 Å². The summed E-state index contributed by atoms with van der Waals surface area (Å²) in [6.45, 7) is 1.76. The number of hydrogen-bond acceptors (Lipinski definition) is 5. The SMILES string of the molecule is COc1cccc(NC(=O)Nc2ccc(N3CCN(C(=O)c4ccc(F)cc4F)CC3)nc2)c1. The van der Waals surface area contributed by atoms with Crippen molar-refractivity contribution in [3.8, 4) is 5.75 Å². The Morgan fingerprint density at radius 2 is 1.71 bits per heavy atom. The first-order valence-corrected chi connectivity index (χ1v) is 10.6. The molecule has 1 aliphatic heterocycles. The Hall–Kier alpha value is -4.21. The summed E-state index contributed by atoms with van der Waals surface area (Å²) < 4.78 is 32.2. The van der Waals surface area contributed by atoms with Crippen molar-refractivity contribution in [3.63, 3.8) is 0 Å². The average Bonchev–Trinajstić information content (AvgIpc) is 2.84. The Bertz CT molecular complexity index is 1180. The molecule has 3 amide bonds. The summed E-state index contributed by atoms with van der Waals surface area (Å²) in [7, 11) is 1.55. The van der Waals surface area contributed by atoms with E-state index in [2.05, 4.69) is 15.6 Å². The molecule has 2 heterocycles. The summed E-state index contributed by atoms with van der Waals surface area (Å²) in [6, 6.07) is 13.0. The topological polar surface area (TPSA) is 86.8 Å². The number of carbonyl (C=O) groups excluding carboxylic acids is 2. The maximum atomic E-state index is 13.9. The molecule has 0 aliphatic carbocycles. The number of aromatic nitrogens is 1. The second kappa shape index (κ2) is 10.2. The summed E-state index contributed by atoms with van der Waals surface area (Å²) in [4.78, 5) is 32.7. The van der Waals surface area contributed by atoms with Crippen LogP contribution >= 0.6 is 0 Å². The van der Waals surface area contributed by atoms with E-state index in [0.717, 1.165) is 12.1 Å². The Balaban J connectivity index is 1.30. The van der Waals surface area contributed by atoms with Gasteiger partial charge >= 0.3 is 6.03 Å². The quantitative estimate of drug-likeness (QED) is 0.593. The van der Waals surface area contributed by atoms with E-state index in [1.54, 1.807) is 49.7 Å². The lowest BCUT2D eigenvalue weighted by Gasteiger charge is -2.35. The summed E-state index contributed by atoms with van der Waals surface area (Å²) >= 11 is 0. The van der Waals surface area contributed by atoms with E-state index in [1.807, 2.05) is 4.90 Å². The van der Waals surface area contributed by atoms with E-state index in [-0.39, 0.29) is 5.56 Å². The van der Waals surface area contributed by atoms with Crippen molar-refractivity contribution in [1.82, 2.24) is 9.88 Å². The molecule has 0 bridgehead atoms. The number of methoxy groups -OCH3 is 1. The summed E-state index contributed by atoms with van der Waals surface area (Å²) in [5.74, 6) is -0.729. The molecule has 10 heteroatoms. The van der Waals surface area contributed by atoms with E-state index >= 15 is 0 Å². The minimum Gasteiger partial charge on any atom is -0.497 e. The van der Waals surface area contributed by atoms with Crippen LogP contribution in [0.3, 0.4) is 0 Å². The highest BCUT2D eigenvalue weighted by molar-refractivity contribution is 5.99. The smallest absolute Gasteiger partial charge is 0.323 e. The number of rotatable bonds is 5. The lowest BCUT2D eigenvalue weighted by Crippen LogP contribution is -2.49. The van der Waals surface area contributed by atoms with Gasteiger partial charge in [-0.1, -0.05) is 6.07 Å². The maximum Gasteiger partial charge on any atom is 0.323 e. The molecule has 1 saturated heterocycles. The molecule has 2 N–H and O–H groups in total. The van der Waals surface area contributed by atoms with Crippen LogP contribution in [0.5, 0.6) is 5.75 Å². The Kier molecular flexibility index (Phi) is 6.86. The molecular weight excluding hydrogens is 444 g/mol. The number of halogens is 2. The number of nitrogens with zero attached hydrogens (tertiary/aromatic N) is 3. The summed E-state index contributed by atoms with van der Waals surface area (Å²) in [6.07, 6.45) is 1.55. The Morgan fingerprint density at radius 3 is 2.38 bits per heavy atom. The number of amides is 3. The number of hydrogen-bond donors (Lipinski definition) is 2. The van der Waals surface area contributed by atoms with Gasteiger partial charge in [-0.25, -0.2) is 18.6 Å². The number of anilines is 3. The van der Waals surface area contributed by atoms with E-state index in [9.17, 15) is 18.4 Å². The highest BCUT2D eigenvalue weighted by Crippen LogP contribution is 2.20. The predicted octanol–water partition coefficient (Wildman–Crippen LogP) is 3.97. The van der Waals surface area contributed by atoms with Crippen molar-refractivity contribution < 1.29 is 23.1 Å². The fourth-order valence-corrected chi connectivity index (χ4v) is 3.61. The van der Waals surface area contributed by atoms with Crippen LogP contribution in [-0.2, 0) is 0 Å². The van der Waals surface area contributed by atoms with Gasteiger partial charge in [-0.2, -0.15) is 0 Å². The Labute approximate surface area is 195 Å². The van der Waals surface area contributed by atoms with E-state index in [1.165, 1.54) is 4.90 Å². The predicted molar refractivity (Wildman–Crippen MR) is 124 cm³/mol. The lowest BCUT2D eigenvalue weighted by molar-refractivity contribution is 0.0741. The summed E-state index contributed by atoms with van der Waals surface area (Å²) in [5, 5.41) is 5.45. The third kappa shape index (κ3) is 5.40. The van der Waals surface area contributed by atoms with Crippen LogP contribution in [0.4, 0.5) is 30.8 Å². The first-order valence-electron chi connectivity index (χ1n) is 10.6. The third-order valence-corrected chi connectivity index (χ3v) is 5.39. The maximum absolute atomic E-state index is 13.9. The minimum atomic E-state index is -0.868. The number of ether oxygens (including phenoxy) is 1. The van der Waals surface area contributed by atoms with E-state index < -0.39 is 23.6 Å². The molecule has 2 aromatic carbocycles. The van der Waals surface area contributed by atoms with Crippen molar-refractivity contribution in [2.45, 2.75) is 0 Å². The van der Waals surface area contributed by atoms with Gasteiger partial charge < -0.3 is 25.2 Å². The van der Waals surface area contributed by atoms with Crippen molar-refractivity contribution in [2.75, 3.05) is 48.8 Å². The van der Waals surface area contributed by atoms with Crippen molar-refractivity contribution in [2.24, 2.45) is 0 Å². The van der Waals surface area contributed by atoms with E-state index in [0.29, 0.717) is 55.2 Å². The van der Waals surface area contributed by atoms with Gasteiger partial charge in [-0.3, -0.25) is 4.79 Å². The Morgan fingerprint density at radius 1 is 0.941 bits per heavy atom. The van der Waals surface area contributed by atoms with Gasteiger partial charge in [0.15, 0.2) is 0 Å². The molecule has 1 aromatic heterocycles. The molecule has 4 rings (SSSR count). The second-order valence-electron chi connectivity index (χ2n) is 7.62. The summed E-state index contributed by atoms with van der Waals surface area (Å²) in [5.41, 5.74) is 0.967. The molecule has 0 radical (unpaired) electrons. The number of nitrogens with one attached hydrogen (secondary N) is 2. The molecule has 1 aliphatic rings. The normalized spacial score (nSPS) is 13.4. The number of piperazine rings is 1. The van der Waals surface area contributed by atoms with Crippen LogP contribution in [0.25, 0.3) is 0 Å². The third-order valence-electron chi connectivity index (χ3n) is 5.39. The molecule has 0 atom stereocenters. The largest absolute Gasteiger partial charge is 0.497 e.